The van der Waals surface area contributed by atoms with E-state index in [1.807, 2.05) is 38.1 Å². The lowest BCUT2D eigenvalue weighted by Crippen LogP contribution is -2.44. The maximum absolute atomic E-state index is 13.8. The van der Waals surface area contributed by atoms with Crippen LogP contribution in [0.2, 0.25) is 0 Å². The summed E-state index contributed by atoms with van der Waals surface area (Å²) in [6.07, 6.45) is 0.132. The molecule has 0 aliphatic rings. The first-order chi connectivity index (χ1) is 17.9. The quantitative estimate of drug-likeness (QED) is 0.281. The molecule has 0 fully saturated rings. The van der Waals surface area contributed by atoms with E-state index in [1.165, 1.54) is 0 Å². The molecule has 2 aromatic rings. The van der Waals surface area contributed by atoms with E-state index in [9.17, 15) is 23.5 Å². The van der Waals surface area contributed by atoms with E-state index < -0.39 is 29.8 Å². The van der Waals surface area contributed by atoms with Crippen LogP contribution in [-0.2, 0) is 27.4 Å². The summed E-state index contributed by atoms with van der Waals surface area (Å²) in [5, 5.41) is 10.3. The topological polar surface area (TPSA) is 125 Å². The third kappa shape index (κ3) is 10.9. The zero-order valence-electron chi connectivity index (χ0n) is 22.4. The number of carbonyl (C=O) groups excluding carboxylic acids is 2. The summed E-state index contributed by atoms with van der Waals surface area (Å²) in [4.78, 5) is 24.9. The van der Waals surface area contributed by atoms with Gasteiger partial charge in [0.15, 0.2) is 5.78 Å². The van der Waals surface area contributed by atoms with Crippen molar-refractivity contribution in [2.24, 2.45) is 16.9 Å². The molecule has 38 heavy (non-hydrogen) atoms. The number of aliphatic hydroxyl groups is 1. The van der Waals surface area contributed by atoms with E-state index in [0.717, 1.165) is 29.5 Å². The van der Waals surface area contributed by atoms with Gasteiger partial charge in [0.25, 0.3) is 0 Å². The predicted octanol–water partition coefficient (Wildman–Crippen LogP) is 3.86. The maximum atomic E-state index is 13.8. The molecule has 7 nitrogen and oxygen atoms in total. The Balaban J connectivity index is 1.69. The van der Waals surface area contributed by atoms with E-state index in [4.69, 9.17) is 20.9 Å². The molecule has 0 heterocycles. The molecule has 0 spiro atoms. The third-order valence-electron chi connectivity index (χ3n) is 6.58. The lowest BCUT2D eigenvalue weighted by atomic mass is 9.81. The largest absolute Gasteiger partial charge is 0.497 e. The second-order valence-corrected chi connectivity index (χ2v) is 10.5. The second kappa shape index (κ2) is 15.0. The van der Waals surface area contributed by atoms with Crippen molar-refractivity contribution in [1.29, 1.82) is 0 Å². The zero-order chi connectivity index (χ0) is 28.3. The Bertz CT molecular complexity index is 1050. The Kier molecular flexibility index (Phi) is 12.4. The van der Waals surface area contributed by atoms with Gasteiger partial charge in [-0.15, -0.1) is 0 Å². The Morgan fingerprint density at radius 1 is 1.03 bits per heavy atom. The fourth-order valence-electron chi connectivity index (χ4n) is 4.03. The number of benzene rings is 2. The number of ketones is 2. The Morgan fingerprint density at radius 3 is 2.34 bits per heavy atom. The highest BCUT2D eigenvalue weighted by atomic mass is 19.1. The molecule has 3 unspecified atom stereocenters. The lowest BCUT2D eigenvalue weighted by molar-refractivity contribution is -0.129. The number of rotatable bonds is 17. The molecule has 5 N–H and O–H groups in total. The van der Waals surface area contributed by atoms with Gasteiger partial charge < -0.3 is 26.0 Å². The van der Waals surface area contributed by atoms with Gasteiger partial charge in [0.2, 0.25) is 0 Å². The highest BCUT2D eigenvalue weighted by Crippen LogP contribution is 2.29. The van der Waals surface area contributed by atoms with Crippen LogP contribution in [0.1, 0.15) is 57.1 Å². The van der Waals surface area contributed by atoms with Gasteiger partial charge in [-0.25, -0.2) is 8.78 Å². The van der Waals surface area contributed by atoms with Gasteiger partial charge in [-0.1, -0.05) is 26.0 Å². The van der Waals surface area contributed by atoms with Crippen LogP contribution in [0, 0.1) is 17.0 Å². The van der Waals surface area contributed by atoms with Crippen LogP contribution in [0.25, 0.3) is 0 Å². The van der Waals surface area contributed by atoms with Crippen molar-refractivity contribution in [3.05, 3.63) is 65.2 Å². The SMILES string of the molecule is COc1ccc(COCC(N)C(O)C(=O)CCC(C)(C)CCC(=O)CC(N)Cc2cc(F)ccc2F)cc1. The number of nitrogens with two attached hydrogens (primary N) is 2. The summed E-state index contributed by atoms with van der Waals surface area (Å²) >= 11 is 0. The molecular formula is C29H40F2N2O5. The van der Waals surface area contributed by atoms with E-state index >= 15 is 0 Å². The smallest absolute Gasteiger partial charge is 0.162 e. The maximum Gasteiger partial charge on any atom is 0.162 e. The fourth-order valence-corrected chi connectivity index (χ4v) is 4.03. The molecular weight excluding hydrogens is 494 g/mol. The summed E-state index contributed by atoms with van der Waals surface area (Å²) in [5.74, 6) is -0.817. The first-order valence-corrected chi connectivity index (χ1v) is 12.8. The summed E-state index contributed by atoms with van der Waals surface area (Å²) in [7, 11) is 1.59. The molecule has 2 aromatic carbocycles. The van der Waals surface area contributed by atoms with Crippen LogP contribution in [0.5, 0.6) is 5.75 Å². The minimum absolute atomic E-state index is 0.0244. The first-order valence-electron chi connectivity index (χ1n) is 12.8. The number of Topliss-reactive ketones (excluding diaryl/α,β-unsaturated/α-hetero) is 2. The minimum Gasteiger partial charge on any atom is -0.497 e. The molecule has 0 saturated carbocycles. The molecule has 210 valence electrons. The zero-order valence-corrected chi connectivity index (χ0v) is 22.4. The van der Waals surface area contributed by atoms with Crippen molar-refractivity contribution < 1.29 is 33.0 Å². The van der Waals surface area contributed by atoms with E-state index in [1.54, 1.807) is 7.11 Å². The van der Waals surface area contributed by atoms with Crippen molar-refractivity contribution >= 4 is 11.6 Å². The normalized spacial score (nSPS) is 14.1. The summed E-state index contributed by atoms with van der Waals surface area (Å²) in [6.45, 7) is 4.21. The van der Waals surface area contributed by atoms with E-state index in [-0.39, 0.29) is 54.8 Å². The van der Waals surface area contributed by atoms with Gasteiger partial charge in [0, 0.05) is 25.3 Å². The van der Waals surface area contributed by atoms with Gasteiger partial charge in [-0.2, -0.15) is 0 Å². The van der Waals surface area contributed by atoms with Crippen molar-refractivity contribution in [2.75, 3.05) is 13.7 Å². The highest BCUT2D eigenvalue weighted by molar-refractivity contribution is 5.83. The molecule has 0 aromatic heterocycles. The number of carbonyl (C=O) groups is 2. The number of aliphatic hydroxyl groups excluding tert-OH is 1. The second-order valence-electron chi connectivity index (χ2n) is 10.5. The molecule has 0 bridgehead atoms. The van der Waals surface area contributed by atoms with E-state index in [0.29, 0.717) is 19.4 Å². The highest BCUT2D eigenvalue weighted by Gasteiger charge is 2.27. The van der Waals surface area contributed by atoms with Crippen molar-refractivity contribution in [2.45, 2.75) is 77.2 Å². The lowest BCUT2D eigenvalue weighted by Gasteiger charge is -2.25. The molecule has 0 aliphatic carbocycles. The van der Waals surface area contributed by atoms with Crippen molar-refractivity contribution in [3.63, 3.8) is 0 Å². The molecule has 9 heteroatoms. The van der Waals surface area contributed by atoms with Gasteiger partial charge >= 0.3 is 0 Å². The number of ether oxygens (including phenoxy) is 2. The molecule has 0 saturated heterocycles. The molecule has 2 rings (SSSR count). The Labute approximate surface area is 223 Å². The summed E-state index contributed by atoms with van der Waals surface area (Å²) < 4.78 is 37.8. The number of hydrogen-bond acceptors (Lipinski definition) is 7. The molecule has 0 amide bonds. The van der Waals surface area contributed by atoms with Crippen LogP contribution in [0.4, 0.5) is 8.78 Å². The molecule has 0 aliphatic heterocycles. The van der Waals surface area contributed by atoms with Gasteiger partial charge in [-0.05, 0) is 66.1 Å². The minimum atomic E-state index is -1.34. The van der Waals surface area contributed by atoms with Gasteiger partial charge in [0.1, 0.15) is 29.3 Å². The van der Waals surface area contributed by atoms with E-state index in [2.05, 4.69) is 0 Å². The predicted molar refractivity (Wildman–Crippen MR) is 142 cm³/mol. The molecule has 0 radical (unpaired) electrons. The van der Waals surface area contributed by atoms with Crippen molar-refractivity contribution in [1.82, 2.24) is 0 Å². The number of methoxy groups -OCH3 is 1. The molecule has 3 atom stereocenters. The Morgan fingerprint density at radius 2 is 1.68 bits per heavy atom. The average Bonchev–Trinajstić information content (AvgIpc) is 2.88. The number of halogens is 2. The van der Waals surface area contributed by atoms with Crippen molar-refractivity contribution in [3.8, 4) is 5.75 Å². The third-order valence-corrected chi connectivity index (χ3v) is 6.58. The summed E-state index contributed by atoms with van der Waals surface area (Å²) in [5.41, 5.74) is 12.7. The fraction of sp³-hybridized carbons (Fsp3) is 0.517. The van der Waals surface area contributed by atoms with Crippen LogP contribution >= 0.6 is 0 Å². The van der Waals surface area contributed by atoms with Gasteiger partial charge in [-0.3, -0.25) is 9.59 Å². The summed E-state index contributed by atoms with van der Waals surface area (Å²) in [6, 6.07) is 9.04. The average molecular weight is 535 g/mol. The van der Waals surface area contributed by atoms with Gasteiger partial charge in [0.05, 0.1) is 26.4 Å². The van der Waals surface area contributed by atoms with Crippen LogP contribution in [0.3, 0.4) is 0 Å². The van der Waals surface area contributed by atoms with Crippen LogP contribution < -0.4 is 16.2 Å². The van der Waals surface area contributed by atoms with Crippen LogP contribution in [-0.4, -0.2) is 48.6 Å². The van der Waals surface area contributed by atoms with Crippen LogP contribution in [0.15, 0.2) is 42.5 Å². The standard InChI is InChI=1S/C29H40F2N2O5/c1-29(2,12-10-23(34)16-22(32)15-20-14-21(30)6-9-25(20)31)13-11-27(35)28(36)26(33)18-38-17-19-4-7-24(37-3)8-5-19/h4-9,14,22,26,28,36H,10-13,15-18,32-33H2,1-3H3. The monoisotopic (exact) mass is 534 g/mol. The Hall–Kier alpha value is -2.72. The first kappa shape index (κ1) is 31.5. The number of hydrogen-bond donors (Lipinski definition) is 3.